The van der Waals surface area contributed by atoms with Crippen LogP contribution in [0.2, 0.25) is 10.0 Å². The number of para-hydroxylation sites is 1. The van der Waals surface area contributed by atoms with Crippen molar-refractivity contribution in [2.24, 2.45) is 0 Å². The first-order chi connectivity index (χ1) is 14.6. The van der Waals surface area contributed by atoms with Crippen LogP contribution in [0, 0.1) is 0 Å². The van der Waals surface area contributed by atoms with Crippen LogP contribution in [-0.2, 0) is 0 Å². The normalized spacial score (nSPS) is 18.8. The summed E-state index contributed by atoms with van der Waals surface area (Å²) >= 11 is 12.6. The van der Waals surface area contributed by atoms with Crippen LogP contribution in [0.25, 0.3) is 28.0 Å². The summed E-state index contributed by atoms with van der Waals surface area (Å²) in [5.74, 6) is 0.604. The lowest BCUT2D eigenvalue weighted by molar-refractivity contribution is 0.171. The number of hydrogen-bond acceptors (Lipinski definition) is 5. The molecular formula is C22H19Cl2N5O. The molecule has 0 spiro atoms. The number of aliphatic hydroxyl groups is 1. The molecule has 1 saturated carbocycles. The lowest BCUT2D eigenvalue weighted by Gasteiger charge is -2.16. The minimum atomic E-state index is -0.392. The Labute approximate surface area is 183 Å². The molecule has 8 heteroatoms. The maximum atomic E-state index is 10.2. The Balaban J connectivity index is 1.73. The van der Waals surface area contributed by atoms with Gasteiger partial charge in [0, 0.05) is 10.6 Å². The van der Waals surface area contributed by atoms with Crippen molar-refractivity contribution in [2.75, 3.05) is 5.32 Å². The van der Waals surface area contributed by atoms with E-state index in [0.717, 1.165) is 36.2 Å². The molecule has 2 N–H and O–H groups in total. The van der Waals surface area contributed by atoms with Crippen LogP contribution in [0.3, 0.4) is 0 Å². The quantitative estimate of drug-likeness (QED) is 0.461. The van der Waals surface area contributed by atoms with Crippen molar-refractivity contribution < 1.29 is 5.11 Å². The lowest BCUT2D eigenvalue weighted by atomic mass is 10.1. The van der Waals surface area contributed by atoms with Gasteiger partial charge in [-0.05, 0) is 43.5 Å². The predicted molar refractivity (Wildman–Crippen MR) is 119 cm³/mol. The van der Waals surface area contributed by atoms with Gasteiger partial charge in [0.1, 0.15) is 17.5 Å². The second-order valence-corrected chi connectivity index (χ2v) is 8.23. The average molecular weight is 440 g/mol. The lowest BCUT2D eigenvalue weighted by Crippen LogP contribution is -2.28. The largest absolute Gasteiger partial charge is 0.391 e. The van der Waals surface area contributed by atoms with Gasteiger partial charge in [-0.25, -0.2) is 14.6 Å². The van der Waals surface area contributed by atoms with Crippen molar-refractivity contribution in [1.29, 1.82) is 0 Å². The zero-order valence-electron chi connectivity index (χ0n) is 16.0. The highest BCUT2D eigenvalue weighted by Crippen LogP contribution is 2.35. The second kappa shape index (κ2) is 7.87. The van der Waals surface area contributed by atoms with Gasteiger partial charge < -0.3 is 10.4 Å². The number of aliphatic hydroxyl groups excluding tert-OH is 1. The van der Waals surface area contributed by atoms with Gasteiger partial charge in [0.15, 0.2) is 11.3 Å². The Bertz CT molecular complexity index is 1210. The molecule has 2 aromatic carbocycles. The van der Waals surface area contributed by atoms with E-state index in [0.29, 0.717) is 26.9 Å². The smallest absolute Gasteiger partial charge is 0.158 e. The molecule has 4 aromatic rings. The third-order valence-corrected chi connectivity index (χ3v) is 6.03. The molecule has 152 valence electrons. The Hall–Kier alpha value is -2.67. The van der Waals surface area contributed by atoms with Crippen molar-refractivity contribution in [2.45, 2.75) is 31.4 Å². The van der Waals surface area contributed by atoms with E-state index < -0.39 is 6.10 Å². The van der Waals surface area contributed by atoms with Crippen molar-refractivity contribution in [3.05, 3.63) is 64.9 Å². The SMILES string of the molecule is OC1CCCC1Nc1ncnc2c(-c3ccc(Cl)cc3)n(-c3ccccc3Cl)nc12. The molecule has 2 heterocycles. The van der Waals surface area contributed by atoms with Gasteiger partial charge in [0.2, 0.25) is 0 Å². The maximum absolute atomic E-state index is 10.2. The molecule has 1 aliphatic rings. The van der Waals surface area contributed by atoms with E-state index in [1.807, 2.05) is 48.5 Å². The summed E-state index contributed by atoms with van der Waals surface area (Å²) in [5.41, 5.74) is 3.78. The monoisotopic (exact) mass is 439 g/mol. The molecule has 0 aliphatic heterocycles. The Morgan fingerprint density at radius 2 is 1.77 bits per heavy atom. The van der Waals surface area contributed by atoms with Crippen LogP contribution in [0.1, 0.15) is 19.3 Å². The van der Waals surface area contributed by atoms with E-state index in [1.165, 1.54) is 6.33 Å². The average Bonchev–Trinajstić information content (AvgIpc) is 3.33. The molecule has 2 atom stereocenters. The third-order valence-electron chi connectivity index (χ3n) is 5.46. The van der Waals surface area contributed by atoms with Crippen LogP contribution in [0.15, 0.2) is 54.9 Å². The zero-order chi connectivity index (χ0) is 20.7. The number of rotatable bonds is 4. The fraction of sp³-hybridized carbons (Fsp3) is 0.227. The van der Waals surface area contributed by atoms with Gasteiger partial charge in [0.05, 0.1) is 22.9 Å². The number of nitrogens with zero attached hydrogens (tertiary/aromatic N) is 4. The standard InChI is InChI=1S/C22H19Cl2N5O/c23-14-10-8-13(9-11-14)21-19-20(28-29(21)17-6-2-1-4-15(17)24)22(26-12-25-19)27-16-5-3-7-18(16)30/h1-2,4,6,8-12,16,18,30H,3,5,7H2,(H,25,26,27). The Morgan fingerprint density at radius 1 is 0.967 bits per heavy atom. The molecule has 1 aliphatic carbocycles. The molecule has 6 nitrogen and oxygen atoms in total. The maximum Gasteiger partial charge on any atom is 0.158 e. The molecule has 1 fully saturated rings. The van der Waals surface area contributed by atoms with Gasteiger partial charge in [0.25, 0.3) is 0 Å². The van der Waals surface area contributed by atoms with Crippen molar-refractivity contribution in [3.8, 4) is 16.9 Å². The van der Waals surface area contributed by atoms with Gasteiger partial charge in [-0.15, -0.1) is 0 Å². The molecule has 0 radical (unpaired) electrons. The molecule has 30 heavy (non-hydrogen) atoms. The third kappa shape index (κ3) is 3.41. The van der Waals surface area contributed by atoms with E-state index in [2.05, 4.69) is 15.3 Å². The van der Waals surface area contributed by atoms with Crippen LogP contribution in [-0.4, -0.2) is 37.0 Å². The first-order valence-corrected chi connectivity index (χ1v) is 10.6. The fourth-order valence-corrected chi connectivity index (χ4v) is 4.29. The van der Waals surface area contributed by atoms with Gasteiger partial charge >= 0.3 is 0 Å². The number of anilines is 1. The van der Waals surface area contributed by atoms with E-state index >= 15 is 0 Å². The molecular weight excluding hydrogens is 421 g/mol. The fourth-order valence-electron chi connectivity index (χ4n) is 3.95. The van der Waals surface area contributed by atoms with Gasteiger partial charge in [-0.1, -0.05) is 47.5 Å². The van der Waals surface area contributed by atoms with Crippen LogP contribution < -0.4 is 5.32 Å². The summed E-state index contributed by atoms with van der Waals surface area (Å²) in [5, 5.41) is 19.7. The van der Waals surface area contributed by atoms with Crippen molar-refractivity contribution in [3.63, 3.8) is 0 Å². The van der Waals surface area contributed by atoms with Crippen molar-refractivity contribution >= 4 is 40.1 Å². The molecule has 5 rings (SSSR count). The second-order valence-electron chi connectivity index (χ2n) is 7.39. The molecule has 0 saturated heterocycles. The molecule has 0 bridgehead atoms. The zero-order valence-corrected chi connectivity index (χ0v) is 17.5. The van der Waals surface area contributed by atoms with E-state index in [9.17, 15) is 5.11 Å². The summed E-state index contributed by atoms with van der Waals surface area (Å²) in [7, 11) is 0. The first-order valence-electron chi connectivity index (χ1n) is 9.81. The Kier molecular flexibility index (Phi) is 5.06. The minimum Gasteiger partial charge on any atom is -0.391 e. The minimum absolute atomic E-state index is 0.0486. The number of benzene rings is 2. The van der Waals surface area contributed by atoms with Crippen molar-refractivity contribution in [1.82, 2.24) is 19.7 Å². The summed E-state index contributed by atoms with van der Waals surface area (Å²) in [4.78, 5) is 8.96. The number of hydrogen-bond donors (Lipinski definition) is 2. The summed E-state index contributed by atoms with van der Waals surface area (Å²) in [6.07, 6.45) is 3.79. The highest BCUT2D eigenvalue weighted by Gasteiger charge is 2.27. The van der Waals surface area contributed by atoms with Gasteiger partial charge in [-0.2, -0.15) is 5.10 Å². The first kappa shape index (κ1) is 19.3. The summed E-state index contributed by atoms with van der Waals surface area (Å²) in [6, 6.07) is 15.0. The van der Waals surface area contributed by atoms with E-state index in [-0.39, 0.29) is 6.04 Å². The van der Waals surface area contributed by atoms with Crippen LogP contribution >= 0.6 is 23.2 Å². The van der Waals surface area contributed by atoms with Crippen LogP contribution in [0.5, 0.6) is 0 Å². The van der Waals surface area contributed by atoms with Crippen LogP contribution in [0.4, 0.5) is 5.82 Å². The number of aromatic nitrogens is 4. The topological polar surface area (TPSA) is 75.9 Å². The van der Waals surface area contributed by atoms with Gasteiger partial charge in [-0.3, -0.25) is 0 Å². The number of halogens is 2. The molecule has 2 unspecified atom stereocenters. The van der Waals surface area contributed by atoms with E-state index in [1.54, 1.807) is 4.68 Å². The molecule has 0 amide bonds. The molecule has 2 aromatic heterocycles. The number of fused-ring (bicyclic) bond motifs is 1. The predicted octanol–water partition coefficient (Wildman–Crippen LogP) is 5.11. The summed E-state index contributed by atoms with van der Waals surface area (Å²) in [6.45, 7) is 0. The Morgan fingerprint density at radius 3 is 2.50 bits per heavy atom. The number of nitrogens with one attached hydrogen (secondary N) is 1. The highest BCUT2D eigenvalue weighted by molar-refractivity contribution is 6.32. The van der Waals surface area contributed by atoms with E-state index in [4.69, 9.17) is 28.3 Å². The summed E-state index contributed by atoms with van der Waals surface area (Å²) < 4.78 is 1.79. The highest BCUT2D eigenvalue weighted by atomic mass is 35.5.